The molecule has 0 radical (unpaired) electrons. The van der Waals surface area contributed by atoms with Gasteiger partial charge in [-0.3, -0.25) is 0 Å². The largest absolute Gasteiger partial charge is 0.367 e. The van der Waals surface area contributed by atoms with Crippen molar-refractivity contribution in [1.29, 1.82) is 0 Å². The maximum absolute atomic E-state index is 6.14. The molecule has 1 heterocycles. The molecule has 1 fully saturated rings. The Labute approximate surface area is 123 Å². The number of hydrogen-bond donors (Lipinski definition) is 1. The first-order valence-corrected chi connectivity index (χ1v) is 8.43. The zero-order valence-corrected chi connectivity index (χ0v) is 12.6. The van der Waals surface area contributed by atoms with Gasteiger partial charge in [-0.05, 0) is 36.8 Å². The van der Waals surface area contributed by atoms with Gasteiger partial charge in [-0.15, -0.1) is 0 Å². The van der Waals surface area contributed by atoms with Gasteiger partial charge in [0.05, 0.1) is 0 Å². The molecule has 0 aromatic heterocycles. The molecule has 0 spiro atoms. The highest BCUT2D eigenvalue weighted by molar-refractivity contribution is 5.56. The van der Waals surface area contributed by atoms with Crippen LogP contribution >= 0.6 is 0 Å². The minimum absolute atomic E-state index is 0.541. The summed E-state index contributed by atoms with van der Waals surface area (Å²) >= 11 is 0. The van der Waals surface area contributed by atoms with Gasteiger partial charge in [0.25, 0.3) is 0 Å². The van der Waals surface area contributed by atoms with E-state index in [-0.39, 0.29) is 0 Å². The molecular formula is C18H28N2. The van der Waals surface area contributed by atoms with Crippen LogP contribution in [0.2, 0.25) is 0 Å². The summed E-state index contributed by atoms with van der Waals surface area (Å²) < 4.78 is 0. The summed E-state index contributed by atoms with van der Waals surface area (Å²) in [5, 5.41) is 0. The second-order valence-electron chi connectivity index (χ2n) is 6.55. The van der Waals surface area contributed by atoms with E-state index in [1.54, 1.807) is 0 Å². The van der Waals surface area contributed by atoms with Crippen molar-refractivity contribution in [3.63, 3.8) is 0 Å². The van der Waals surface area contributed by atoms with E-state index in [1.807, 2.05) is 0 Å². The van der Waals surface area contributed by atoms with Gasteiger partial charge < -0.3 is 10.6 Å². The zero-order chi connectivity index (χ0) is 13.8. The monoisotopic (exact) mass is 272 g/mol. The van der Waals surface area contributed by atoms with E-state index in [1.165, 1.54) is 69.2 Å². The fourth-order valence-corrected chi connectivity index (χ4v) is 4.10. The average molecular weight is 272 g/mol. The zero-order valence-electron chi connectivity index (χ0n) is 12.6. The Kier molecular flexibility index (Phi) is 4.62. The van der Waals surface area contributed by atoms with Crippen molar-refractivity contribution in [2.75, 3.05) is 18.0 Å². The summed E-state index contributed by atoms with van der Waals surface area (Å²) in [6.07, 6.45) is 10.9. The summed E-state index contributed by atoms with van der Waals surface area (Å²) in [5.74, 6) is 0.909. The summed E-state index contributed by atoms with van der Waals surface area (Å²) in [4.78, 5) is 2.60. The minimum Gasteiger partial charge on any atom is -0.367 e. The van der Waals surface area contributed by atoms with Crippen molar-refractivity contribution in [2.45, 2.75) is 57.4 Å². The molecule has 0 saturated heterocycles. The summed E-state index contributed by atoms with van der Waals surface area (Å²) in [5.41, 5.74) is 9.10. The molecule has 1 aromatic carbocycles. The van der Waals surface area contributed by atoms with E-state index < -0.39 is 0 Å². The van der Waals surface area contributed by atoms with E-state index in [2.05, 4.69) is 29.2 Å². The third-order valence-electron chi connectivity index (χ3n) is 5.19. The first kappa shape index (κ1) is 13.9. The number of anilines is 1. The Morgan fingerprint density at radius 3 is 2.70 bits per heavy atom. The molecule has 2 heteroatoms. The van der Waals surface area contributed by atoms with E-state index in [0.29, 0.717) is 6.04 Å². The number of rotatable bonds is 4. The van der Waals surface area contributed by atoms with Crippen LogP contribution in [0.1, 0.15) is 50.5 Å². The number of para-hydroxylation sites is 1. The maximum atomic E-state index is 6.14. The molecule has 1 aromatic rings. The van der Waals surface area contributed by atoms with E-state index in [9.17, 15) is 0 Å². The number of fused-ring (bicyclic) bond motifs is 1. The number of benzene rings is 1. The average Bonchev–Trinajstić information content (AvgIpc) is 2.53. The highest BCUT2D eigenvalue weighted by atomic mass is 15.2. The van der Waals surface area contributed by atoms with Crippen LogP contribution in [0.15, 0.2) is 24.3 Å². The molecule has 0 amide bonds. The second-order valence-corrected chi connectivity index (χ2v) is 6.55. The number of nitrogens with zero attached hydrogens (tertiary/aromatic N) is 1. The van der Waals surface area contributed by atoms with Crippen LogP contribution in [0.4, 0.5) is 5.69 Å². The predicted octanol–water partition coefficient (Wildman–Crippen LogP) is 3.74. The molecule has 110 valence electrons. The molecule has 1 unspecified atom stereocenters. The minimum atomic E-state index is 0.541. The summed E-state index contributed by atoms with van der Waals surface area (Å²) in [6, 6.07) is 9.46. The van der Waals surface area contributed by atoms with Crippen molar-refractivity contribution in [3.05, 3.63) is 29.8 Å². The highest BCUT2D eigenvalue weighted by Gasteiger charge is 2.26. The van der Waals surface area contributed by atoms with Crippen LogP contribution in [0.3, 0.4) is 0 Å². The van der Waals surface area contributed by atoms with Crippen LogP contribution in [-0.4, -0.2) is 19.1 Å². The molecule has 2 nitrogen and oxygen atoms in total. The van der Waals surface area contributed by atoms with Gasteiger partial charge in [-0.25, -0.2) is 0 Å². The fraction of sp³-hybridized carbons (Fsp3) is 0.667. The molecule has 2 N–H and O–H groups in total. The highest BCUT2D eigenvalue weighted by Crippen LogP contribution is 2.33. The number of hydrogen-bond acceptors (Lipinski definition) is 2. The summed E-state index contributed by atoms with van der Waals surface area (Å²) in [6.45, 7) is 1.98. The van der Waals surface area contributed by atoms with Crippen molar-refractivity contribution in [2.24, 2.45) is 11.7 Å². The molecule has 1 atom stereocenters. The van der Waals surface area contributed by atoms with Crippen LogP contribution < -0.4 is 10.6 Å². The smallest absolute Gasteiger partial charge is 0.0415 e. The Hall–Kier alpha value is -1.02. The van der Waals surface area contributed by atoms with Gasteiger partial charge in [0.1, 0.15) is 0 Å². The normalized spacial score (nSPS) is 21.6. The van der Waals surface area contributed by atoms with Gasteiger partial charge in [0, 0.05) is 24.8 Å². The molecule has 0 bridgehead atoms. The lowest BCUT2D eigenvalue weighted by molar-refractivity contribution is 0.311. The second kappa shape index (κ2) is 6.62. The van der Waals surface area contributed by atoms with Gasteiger partial charge in [0.2, 0.25) is 0 Å². The van der Waals surface area contributed by atoms with Crippen LogP contribution in [0.5, 0.6) is 0 Å². The molecule has 1 saturated carbocycles. The third kappa shape index (κ3) is 3.01. The lowest BCUT2D eigenvalue weighted by Gasteiger charge is -2.39. The Morgan fingerprint density at radius 1 is 1.10 bits per heavy atom. The SMILES string of the molecule is NCC(CC1CCCCC1)N1CCCc2ccccc21. The molecule has 3 rings (SSSR count). The van der Waals surface area contributed by atoms with Crippen LogP contribution in [0, 0.1) is 5.92 Å². The van der Waals surface area contributed by atoms with Crippen molar-refractivity contribution >= 4 is 5.69 Å². The lowest BCUT2D eigenvalue weighted by Crippen LogP contribution is -2.44. The Balaban J connectivity index is 1.72. The third-order valence-corrected chi connectivity index (χ3v) is 5.19. The van der Waals surface area contributed by atoms with Crippen molar-refractivity contribution < 1.29 is 0 Å². The van der Waals surface area contributed by atoms with Gasteiger partial charge >= 0.3 is 0 Å². The molecule has 1 aliphatic heterocycles. The van der Waals surface area contributed by atoms with Crippen molar-refractivity contribution in [3.8, 4) is 0 Å². The summed E-state index contributed by atoms with van der Waals surface area (Å²) in [7, 11) is 0. The maximum Gasteiger partial charge on any atom is 0.0415 e. The molecular weight excluding hydrogens is 244 g/mol. The number of nitrogens with two attached hydrogens (primary N) is 1. The van der Waals surface area contributed by atoms with Crippen LogP contribution in [-0.2, 0) is 6.42 Å². The van der Waals surface area contributed by atoms with Gasteiger partial charge in [-0.1, -0.05) is 50.3 Å². The quantitative estimate of drug-likeness (QED) is 0.904. The Morgan fingerprint density at radius 2 is 1.90 bits per heavy atom. The fourth-order valence-electron chi connectivity index (χ4n) is 4.10. The Bertz CT molecular complexity index is 423. The van der Waals surface area contributed by atoms with Crippen LogP contribution in [0.25, 0.3) is 0 Å². The van der Waals surface area contributed by atoms with E-state index >= 15 is 0 Å². The molecule has 2 aliphatic rings. The standard InChI is InChI=1S/C18H28N2/c19-14-17(13-15-7-2-1-3-8-15)20-12-6-10-16-9-4-5-11-18(16)20/h4-5,9,11,15,17H,1-3,6-8,10,12-14,19H2. The number of aryl methyl sites for hydroxylation is 1. The molecule has 20 heavy (non-hydrogen) atoms. The van der Waals surface area contributed by atoms with Crippen molar-refractivity contribution in [1.82, 2.24) is 0 Å². The van der Waals surface area contributed by atoms with E-state index in [0.717, 1.165) is 12.5 Å². The van der Waals surface area contributed by atoms with Gasteiger partial charge in [-0.2, -0.15) is 0 Å². The van der Waals surface area contributed by atoms with Gasteiger partial charge in [0.15, 0.2) is 0 Å². The molecule has 1 aliphatic carbocycles. The topological polar surface area (TPSA) is 29.3 Å². The van der Waals surface area contributed by atoms with E-state index in [4.69, 9.17) is 5.73 Å². The predicted molar refractivity (Wildman–Crippen MR) is 86.1 cm³/mol. The lowest BCUT2D eigenvalue weighted by atomic mass is 9.84. The first-order valence-electron chi connectivity index (χ1n) is 8.43. The first-order chi connectivity index (χ1) is 9.88.